The van der Waals surface area contributed by atoms with Gasteiger partial charge in [0.15, 0.2) is 0 Å². The van der Waals surface area contributed by atoms with E-state index in [4.69, 9.17) is 5.73 Å². The molecule has 1 aromatic rings. The normalized spacial score (nSPS) is 19.6. The van der Waals surface area contributed by atoms with E-state index in [9.17, 15) is 8.42 Å². The molecule has 1 atom stereocenters. The fourth-order valence-corrected chi connectivity index (χ4v) is 5.50. The van der Waals surface area contributed by atoms with Crippen LogP contribution in [0.2, 0.25) is 0 Å². The SMILES string of the molecule is CCc1cc(N)c(CC)c(S(=O)(=O)NC2CCCSC2)c1. The largest absolute Gasteiger partial charge is 0.398 e. The van der Waals surface area contributed by atoms with Crippen molar-refractivity contribution >= 4 is 27.5 Å². The van der Waals surface area contributed by atoms with E-state index in [1.807, 2.05) is 31.7 Å². The average Bonchev–Trinajstić information content (AvgIpc) is 2.47. The molecule has 0 spiro atoms. The van der Waals surface area contributed by atoms with Gasteiger partial charge >= 0.3 is 0 Å². The predicted octanol–water partition coefficient (Wildman–Crippen LogP) is 2.57. The molecule has 1 unspecified atom stereocenters. The van der Waals surface area contributed by atoms with E-state index in [0.717, 1.165) is 41.9 Å². The minimum atomic E-state index is -3.50. The number of aryl methyl sites for hydroxylation is 1. The number of hydrogen-bond donors (Lipinski definition) is 2. The number of nitrogen functional groups attached to an aromatic ring is 1. The van der Waals surface area contributed by atoms with E-state index in [1.165, 1.54) is 0 Å². The number of thioether (sulfide) groups is 1. The van der Waals surface area contributed by atoms with E-state index in [-0.39, 0.29) is 6.04 Å². The van der Waals surface area contributed by atoms with Gasteiger partial charge in [-0.25, -0.2) is 13.1 Å². The summed E-state index contributed by atoms with van der Waals surface area (Å²) in [6.07, 6.45) is 3.37. The van der Waals surface area contributed by atoms with Gasteiger partial charge in [-0.3, -0.25) is 0 Å². The van der Waals surface area contributed by atoms with E-state index < -0.39 is 10.0 Å². The van der Waals surface area contributed by atoms with Gasteiger partial charge in [0.05, 0.1) is 4.90 Å². The van der Waals surface area contributed by atoms with Gasteiger partial charge in [-0.1, -0.05) is 13.8 Å². The summed E-state index contributed by atoms with van der Waals surface area (Å²) >= 11 is 1.81. The number of benzene rings is 1. The molecule has 21 heavy (non-hydrogen) atoms. The first kappa shape index (κ1) is 16.6. The zero-order valence-electron chi connectivity index (χ0n) is 12.7. The first-order chi connectivity index (χ1) is 9.97. The molecule has 0 aliphatic carbocycles. The molecule has 6 heteroatoms. The highest BCUT2D eigenvalue weighted by atomic mass is 32.2. The number of rotatable bonds is 5. The third kappa shape index (κ3) is 3.93. The lowest BCUT2D eigenvalue weighted by molar-refractivity contribution is 0.542. The van der Waals surface area contributed by atoms with Crippen molar-refractivity contribution in [3.63, 3.8) is 0 Å². The molecule has 0 radical (unpaired) electrons. The maximum atomic E-state index is 12.7. The van der Waals surface area contributed by atoms with Crippen molar-refractivity contribution in [2.75, 3.05) is 17.2 Å². The lowest BCUT2D eigenvalue weighted by Crippen LogP contribution is -2.38. The van der Waals surface area contributed by atoms with Gasteiger partial charge in [-0.2, -0.15) is 11.8 Å². The quantitative estimate of drug-likeness (QED) is 0.815. The van der Waals surface area contributed by atoms with Gasteiger partial charge in [0.25, 0.3) is 0 Å². The number of hydrogen-bond acceptors (Lipinski definition) is 4. The van der Waals surface area contributed by atoms with Gasteiger partial charge in [0.1, 0.15) is 0 Å². The summed E-state index contributed by atoms with van der Waals surface area (Å²) in [4.78, 5) is 0.359. The van der Waals surface area contributed by atoms with Gasteiger partial charge in [-0.05, 0) is 54.7 Å². The Morgan fingerprint density at radius 2 is 2.10 bits per heavy atom. The second-order valence-electron chi connectivity index (χ2n) is 5.40. The summed E-state index contributed by atoms with van der Waals surface area (Å²) in [7, 11) is -3.50. The van der Waals surface area contributed by atoms with Crippen LogP contribution in [0.25, 0.3) is 0 Å². The monoisotopic (exact) mass is 328 g/mol. The standard InChI is InChI=1S/C15H24N2O2S2/c1-3-11-8-14(16)13(4-2)15(9-11)21(18,19)17-12-6-5-7-20-10-12/h8-9,12,17H,3-7,10,16H2,1-2H3. The summed E-state index contributed by atoms with van der Waals surface area (Å²) in [6.45, 7) is 3.94. The maximum Gasteiger partial charge on any atom is 0.241 e. The number of nitrogens with two attached hydrogens (primary N) is 1. The zero-order valence-corrected chi connectivity index (χ0v) is 14.3. The van der Waals surface area contributed by atoms with Crippen molar-refractivity contribution in [1.29, 1.82) is 0 Å². The van der Waals surface area contributed by atoms with Crippen molar-refractivity contribution < 1.29 is 8.42 Å². The van der Waals surface area contributed by atoms with Gasteiger partial charge in [0, 0.05) is 17.5 Å². The zero-order chi connectivity index (χ0) is 15.5. The van der Waals surface area contributed by atoms with E-state index in [2.05, 4.69) is 4.72 Å². The van der Waals surface area contributed by atoms with Crippen LogP contribution in [0, 0.1) is 0 Å². The summed E-state index contributed by atoms with van der Waals surface area (Å²) in [6, 6.07) is 3.69. The second-order valence-corrected chi connectivity index (χ2v) is 8.24. The van der Waals surface area contributed by atoms with E-state index in [1.54, 1.807) is 6.07 Å². The lowest BCUT2D eigenvalue weighted by Gasteiger charge is -2.23. The fraction of sp³-hybridized carbons (Fsp3) is 0.600. The van der Waals surface area contributed by atoms with E-state index >= 15 is 0 Å². The van der Waals surface area contributed by atoms with Crippen LogP contribution >= 0.6 is 11.8 Å². The first-order valence-corrected chi connectivity index (χ1v) is 10.1. The van der Waals surface area contributed by atoms with Gasteiger partial charge in [-0.15, -0.1) is 0 Å². The van der Waals surface area contributed by atoms with Crippen LogP contribution in [0.15, 0.2) is 17.0 Å². The van der Waals surface area contributed by atoms with Crippen LogP contribution < -0.4 is 10.5 Å². The lowest BCUT2D eigenvalue weighted by atomic mass is 10.1. The van der Waals surface area contributed by atoms with E-state index in [0.29, 0.717) is 17.0 Å². The molecule has 1 aliphatic heterocycles. The number of nitrogens with one attached hydrogen (secondary N) is 1. The third-order valence-electron chi connectivity index (χ3n) is 3.84. The van der Waals surface area contributed by atoms with Crippen LogP contribution in [-0.4, -0.2) is 26.0 Å². The molecular formula is C15H24N2O2S2. The Kier molecular flexibility index (Phi) is 5.57. The molecule has 1 aromatic carbocycles. The smallest absolute Gasteiger partial charge is 0.241 e. The summed E-state index contributed by atoms with van der Waals surface area (Å²) in [5, 5.41) is 0. The van der Waals surface area contributed by atoms with Crippen LogP contribution in [0.3, 0.4) is 0 Å². The molecular weight excluding hydrogens is 304 g/mol. The molecule has 0 saturated carbocycles. The van der Waals surface area contributed by atoms with Gasteiger partial charge in [0.2, 0.25) is 10.0 Å². The van der Waals surface area contributed by atoms with Crippen LogP contribution in [0.1, 0.15) is 37.8 Å². The Balaban J connectivity index is 2.35. The Hall–Kier alpha value is -0.720. The molecule has 1 fully saturated rings. The Labute approximate surface area is 131 Å². The Morgan fingerprint density at radius 3 is 2.67 bits per heavy atom. The highest BCUT2D eigenvalue weighted by Crippen LogP contribution is 2.26. The minimum Gasteiger partial charge on any atom is -0.398 e. The first-order valence-electron chi connectivity index (χ1n) is 7.49. The second kappa shape index (κ2) is 7.03. The molecule has 4 nitrogen and oxygen atoms in total. The third-order valence-corrected chi connectivity index (χ3v) is 6.64. The summed E-state index contributed by atoms with van der Waals surface area (Å²) < 4.78 is 28.3. The van der Waals surface area contributed by atoms with Crippen molar-refractivity contribution in [3.8, 4) is 0 Å². The predicted molar refractivity (Wildman–Crippen MR) is 90.3 cm³/mol. The van der Waals surface area contributed by atoms with Crippen molar-refractivity contribution in [2.24, 2.45) is 0 Å². The molecule has 3 N–H and O–H groups in total. The van der Waals surface area contributed by atoms with Crippen molar-refractivity contribution in [2.45, 2.75) is 50.5 Å². The number of sulfonamides is 1. The molecule has 1 heterocycles. The highest BCUT2D eigenvalue weighted by molar-refractivity contribution is 7.99. The molecule has 1 aliphatic rings. The van der Waals surface area contributed by atoms with Crippen molar-refractivity contribution in [1.82, 2.24) is 4.72 Å². The molecule has 118 valence electrons. The minimum absolute atomic E-state index is 0.0324. The average molecular weight is 329 g/mol. The Morgan fingerprint density at radius 1 is 1.33 bits per heavy atom. The topological polar surface area (TPSA) is 72.2 Å². The summed E-state index contributed by atoms with van der Waals surface area (Å²) in [5.41, 5.74) is 8.31. The highest BCUT2D eigenvalue weighted by Gasteiger charge is 2.25. The van der Waals surface area contributed by atoms with Gasteiger partial charge < -0.3 is 5.73 Å². The Bertz CT molecular complexity index is 594. The van der Waals surface area contributed by atoms with Crippen LogP contribution in [0.4, 0.5) is 5.69 Å². The molecule has 0 amide bonds. The van der Waals surface area contributed by atoms with Crippen LogP contribution in [0.5, 0.6) is 0 Å². The molecule has 2 rings (SSSR count). The molecule has 0 bridgehead atoms. The van der Waals surface area contributed by atoms with Crippen LogP contribution in [-0.2, 0) is 22.9 Å². The fourth-order valence-electron chi connectivity index (χ4n) is 2.67. The summed E-state index contributed by atoms with van der Waals surface area (Å²) in [5.74, 6) is 1.97. The van der Waals surface area contributed by atoms with Crippen molar-refractivity contribution in [3.05, 3.63) is 23.3 Å². The molecule has 1 saturated heterocycles. The number of anilines is 1. The molecule has 0 aromatic heterocycles. The maximum absolute atomic E-state index is 12.7.